The smallest absolute Gasteiger partial charge is 0.219 e. The molecule has 1 saturated heterocycles. The predicted octanol–water partition coefficient (Wildman–Crippen LogP) is 4.72. The highest BCUT2D eigenvalue weighted by Gasteiger charge is 2.28. The van der Waals surface area contributed by atoms with E-state index in [1.807, 2.05) is 11.8 Å². The van der Waals surface area contributed by atoms with Crippen LogP contribution in [-0.4, -0.2) is 41.9 Å². The summed E-state index contributed by atoms with van der Waals surface area (Å²) in [6.07, 6.45) is 1.87. The van der Waals surface area contributed by atoms with Crippen molar-refractivity contribution in [3.63, 3.8) is 0 Å². The van der Waals surface area contributed by atoms with E-state index >= 15 is 0 Å². The van der Waals surface area contributed by atoms with E-state index in [-0.39, 0.29) is 18.1 Å². The van der Waals surface area contributed by atoms with Crippen LogP contribution in [0.4, 0.5) is 0 Å². The van der Waals surface area contributed by atoms with Crippen LogP contribution in [0.2, 0.25) is 0 Å². The van der Waals surface area contributed by atoms with Gasteiger partial charge >= 0.3 is 0 Å². The van der Waals surface area contributed by atoms with Gasteiger partial charge in [-0.2, -0.15) is 0 Å². The molecule has 1 heterocycles. The molecule has 0 aromatic heterocycles. The third-order valence-electron chi connectivity index (χ3n) is 5.95. The number of carbonyl (C=O) groups excluding carboxylic acids is 1. The molecule has 2 aromatic carbocycles. The number of rotatable bonds is 7. The van der Waals surface area contributed by atoms with Gasteiger partial charge in [0, 0.05) is 39.2 Å². The summed E-state index contributed by atoms with van der Waals surface area (Å²) in [5.41, 5.74) is 5.22. The minimum absolute atomic E-state index is 0.0703. The van der Waals surface area contributed by atoms with Crippen LogP contribution in [0.3, 0.4) is 0 Å². The summed E-state index contributed by atoms with van der Waals surface area (Å²) in [6.45, 7) is 9.21. The van der Waals surface area contributed by atoms with Gasteiger partial charge < -0.3 is 9.64 Å². The molecular weight excluding hydrogens is 360 g/mol. The van der Waals surface area contributed by atoms with Gasteiger partial charge in [0.2, 0.25) is 5.91 Å². The molecule has 156 valence electrons. The third kappa shape index (κ3) is 5.68. The largest absolute Gasteiger partial charge is 0.373 e. The molecule has 1 aliphatic heterocycles. The highest BCUT2D eigenvalue weighted by Crippen LogP contribution is 2.31. The number of hydrogen-bond acceptors (Lipinski definition) is 3. The molecule has 0 radical (unpaired) electrons. The molecule has 2 aromatic rings. The Bertz CT molecular complexity index is 803. The first kappa shape index (κ1) is 21.5. The van der Waals surface area contributed by atoms with Gasteiger partial charge in [0.25, 0.3) is 0 Å². The normalized spacial score (nSPS) is 19.3. The van der Waals surface area contributed by atoms with E-state index in [0.717, 1.165) is 32.5 Å². The maximum atomic E-state index is 11.9. The summed E-state index contributed by atoms with van der Waals surface area (Å²) >= 11 is 0. The van der Waals surface area contributed by atoms with Gasteiger partial charge in [-0.15, -0.1) is 0 Å². The van der Waals surface area contributed by atoms with Gasteiger partial charge in [-0.1, -0.05) is 48.5 Å². The van der Waals surface area contributed by atoms with Crippen LogP contribution in [0, 0.1) is 6.92 Å². The first-order chi connectivity index (χ1) is 14.0. The number of hydrogen-bond donors (Lipinski definition) is 0. The van der Waals surface area contributed by atoms with Crippen molar-refractivity contribution in [2.45, 2.75) is 58.8 Å². The number of nitrogens with zero attached hydrogens (tertiary/aromatic N) is 2. The zero-order chi connectivity index (χ0) is 20.8. The fourth-order valence-corrected chi connectivity index (χ4v) is 4.32. The van der Waals surface area contributed by atoms with Crippen molar-refractivity contribution in [1.82, 2.24) is 9.80 Å². The molecule has 4 nitrogen and oxygen atoms in total. The van der Waals surface area contributed by atoms with Gasteiger partial charge in [-0.3, -0.25) is 9.69 Å². The maximum Gasteiger partial charge on any atom is 0.219 e. The van der Waals surface area contributed by atoms with Gasteiger partial charge in [0.15, 0.2) is 0 Å². The molecule has 0 spiro atoms. The van der Waals surface area contributed by atoms with Gasteiger partial charge in [-0.05, 0) is 56.0 Å². The number of aryl methyl sites for hydroxylation is 1. The van der Waals surface area contributed by atoms with Crippen molar-refractivity contribution in [2.24, 2.45) is 0 Å². The summed E-state index contributed by atoms with van der Waals surface area (Å²) in [6, 6.07) is 17.6. The molecule has 0 bridgehead atoms. The molecule has 1 amide bonds. The van der Waals surface area contributed by atoms with Crippen LogP contribution in [0.1, 0.15) is 55.0 Å². The lowest BCUT2D eigenvalue weighted by Crippen LogP contribution is -2.42. The van der Waals surface area contributed by atoms with Gasteiger partial charge in [-0.25, -0.2) is 0 Å². The molecule has 0 N–H and O–H groups in total. The zero-order valence-corrected chi connectivity index (χ0v) is 18.2. The Morgan fingerprint density at radius 2 is 1.83 bits per heavy atom. The van der Waals surface area contributed by atoms with Crippen LogP contribution < -0.4 is 0 Å². The SMILES string of the molecule is CCN(C(C)=O)[C@@H]1CCO[C@H](c2ccc(CN(C)Cc3ccccc3C)cc2)C1. The van der Waals surface area contributed by atoms with Crippen molar-refractivity contribution in [1.29, 1.82) is 0 Å². The van der Waals surface area contributed by atoms with Gasteiger partial charge in [0.1, 0.15) is 0 Å². The van der Waals surface area contributed by atoms with E-state index < -0.39 is 0 Å². The highest BCUT2D eigenvalue weighted by molar-refractivity contribution is 5.73. The summed E-state index contributed by atoms with van der Waals surface area (Å²) in [5, 5.41) is 0. The molecule has 29 heavy (non-hydrogen) atoms. The van der Waals surface area contributed by atoms with E-state index in [0.29, 0.717) is 6.61 Å². The lowest BCUT2D eigenvalue weighted by atomic mass is 9.95. The molecule has 0 aliphatic carbocycles. The number of ether oxygens (including phenoxy) is 1. The monoisotopic (exact) mass is 394 g/mol. The molecule has 1 aliphatic rings. The zero-order valence-electron chi connectivity index (χ0n) is 18.2. The van der Waals surface area contributed by atoms with Crippen molar-refractivity contribution in [3.8, 4) is 0 Å². The average molecular weight is 395 g/mol. The molecule has 3 rings (SSSR count). The molecule has 2 atom stereocenters. The van der Waals surface area contributed by atoms with E-state index in [1.54, 1.807) is 6.92 Å². The Labute approximate surface area is 175 Å². The topological polar surface area (TPSA) is 32.8 Å². The van der Waals surface area contributed by atoms with Crippen LogP contribution in [0.15, 0.2) is 48.5 Å². The summed E-state index contributed by atoms with van der Waals surface area (Å²) in [5.74, 6) is 0.158. The van der Waals surface area contributed by atoms with E-state index in [9.17, 15) is 4.79 Å². The standard InChI is InChI=1S/C25H34N2O2/c1-5-27(20(3)28)24-14-15-29-25(16-24)22-12-10-21(11-13-22)17-26(4)18-23-9-7-6-8-19(23)2/h6-13,24-25H,5,14-18H2,1-4H3/t24-,25+/m1/s1. The summed E-state index contributed by atoms with van der Waals surface area (Å²) < 4.78 is 6.03. The van der Waals surface area contributed by atoms with Crippen molar-refractivity contribution >= 4 is 5.91 Å². The second-order valence-corrected chi connectivity index (χ2v) is 8.18. The Morgan fingerprint density at radius 3 is 2.48 bits per heavy atom. The van der Waals surface area contributed by atoms with E-state index in [4.69, 9.17) is 4.74 Å². The number of benzene rings is 2. The van der Waals surface area contributed by atoms with Crippen LogP contribution in [0.5, 0.6) is 0 Å². The average Bonchev–Trinajstić information content (AvgIpc) is 2.71. The van der Waals surface area contributed by atoms with Crippen LogP contribution in [0.25, 0.3) is 0 Å². The quantitative estimate of drug-likeness (QED) is 0.681. The molecule has 0 saturated carbocycles. The molecule has 1 fully saturated rings. The first-order valence-corrected chi connectivity index (χ1v) is 10.7. The lowest BCUT2D eigenvalue weighted by molar-refractivity contribution is -0.134. The van der Waals surface area contributed by atoms with E-state index in [1.165, 1.54) is 22.3 Å². The summed E-state index contributed by atoms with van der Waals surface area (Å²) in [7, 11) is 2.16. The highest BCUT2D eigenvalue weighted by atomic mass is 16.5. The molecular formula is C25H34N2O2. The van der Waals surface area contributed by atoms with Crippen LogP contribution in [-0.2, 0) is 22.6 Å². The first-order valence-electron chi connectivity index (χ1n) is 10.7. The van der Waals surface area contributed by atoms with Crippen LogP contribution >= 0.6 is 0 Å². The minimum Gasteiger partial charge on any atom is -0.373 e. The fraction of sp³-hybridized carbons (Fsp3) is 0.480. The van der Waals surface area contributed by atoms with Crippen molar-refractivity contribution in [2.75, 3.05) is 20.2 Å². The molecule has 0 unspecified atom stereocenters. The Hall–Kier alpha value is -2.17. The minimum atomic E-state index is 0.0703. The summed E-state index contributed by atoms with van der Waals surface area (Å²) in [4.78, 5) is 16.2. The molecule has 4 heteroatoms. The second-order valence-electron chi connectivity index (χ2n) is 8.18. The maximum absolute atomic E-state index is 11.9. The lowest BCUT2D eigenvalue weighted by Gasteiger charge is -2.36. The van der Waals surface area contributed by atoms with Crippen molar-refractivity contribution in [3.05, 3.63) is 70.8 Å². The second kappa shape index (κ2) is 10.0. The number of carbonyl (C=O) groups is 1. The fourth-order valence-electron chi connectivity index (χ4n) is 4.32. The Balaban J connectivity index is 1.59. The third-order valence-corrected chi connectivity index (χ3v) is 5.95. The van der Waals surface area contributed by atoms with Crippen molar-refractivity contribution < 1.29 is 9.53 Å². The predicted molar refractivity (Wildman–Crippen MR) is 118 cm³/mol. The Morgan fingerprint density at radius 1 is 1.10 bits per heavy atom. The van der Waals surface area contributed by atoms with Gasteiger partial charge in [0.05, 0.1) is 6.10 Å². The number of amides is 1. The van der Waals surface area contributed by atoms with E-state index in [2.05, 4.69) is 67.4 Å². The Kier molecular flexibility index (Phi) is 7.45.